The molecular formula is C17H20N2O3. The van der Waals surface area contributed by atoms with Crippen LogP contribution >= 0.6 is 0 Å². The van der Waals surface area contributed by atoms with Crippen molar-refractivity contribution in [2.45, 2.75) is 32.9 Å². The van der Waals surface area contributed by atoms with Crippen LogP contribution < -0.4 is 10.9 Å². The Morgan fingerprint density at radius 2 is 1.95 bits per heavy atom. The molecule has 1 amide bonds. The number of hydrogen-bond donors (Lipinski definition) is 3. The molecule has 0 bridgehead atoms. The molecule has 2 aromatic rings. The normalized spacial score (nSPS) is 10.7. The molecule has 0 aliphatic rings. The van der Waals surface area contributed by atoms with E-state index in [1.165, 1.54) is 0 Å². The van der Waals surface area contributed by atoms with E-state index >= 15 is 0 Å². The standard InChI is InChI=1S/C17H20N2O3/c1-11(2)15-7-6-14(17(22)19-15)16(21)18-9-12-4-3-5-13(8-12)10-20/h3-8,11,20H,9-10H2,1-2H3,(H,18,21)(H,19,22). The van der Waals surface area contributed by atoms with E-state index in [1.54, 1.807) is 18.2 Å². The molecule has 1 aromatic heterocycles. The van der Waals surface area contributed by atoms with Crippen molar-refractivity contribution in [2.24, 2.45) is 0 Å². The predicted molar refractivity (Wildman–Crippen MR) is 84.7 cm³/mol. The predicted octanol–water partition coefficient (Wildman–Crippen LogP) is 1.92. The Morgan fingerprint density at radius 3 is 2.59 bits per heavy atom. The van der Waals surface area contributed by atoms with E-state index in [0.29, 0.717) is 6.54 Å². The summed E-state index contributed by atoms with van der Waals surface area (Å²) < 4.78 is 0. The van der Waals surface area contributed by atoms with Crippen LogP contribution in [0.4, 0.5) is 0 Å². The van der Waals surface area contributed by atoms with E-state index in [0.717, 1.165) is 16.8 Å². The second-order valence-electron chi connectivity index (χ2n) is 5.47. The Morgan fingerprint density at radius 1 is 1.23 bits per heavy atom. The first kappa shape index (κ1) is 16.0. The van der Waals surface area contributed by atoms with Crippen LogP contribution in [-0.2, 0) is 13.2 Å². The van der Waals surface area contributed by atoms with Crippen molar-refractivity contribution in [3.8, 4) is 0 Å². The molecular weight excluding hydrogens is 280 g/mol. The molecule has 1 aromatic carbocycles. The fourth-order valence-electron chi connectivity index (χ4n) is 2.12. The highest BCUT2D eigenvalue weighted by atomic mass is 16.3. The summed E-state index contributed by atoms with van der Waals surface area (Å²) in [5.41, 5.74) is 2.17. The zero-order valence-electron chi connectivity index (χ0n) is 12.7. The van der Waals surface area contributed by atoms with Gasteiger partial charge < -0.3 is 15.4 Å². The average Bonchev–Trinajstić information content (AvgIpc) is 2.52. The lowest BCUT2D eigenvalue weighted by molar-refractivity contribution is 0.0949. The number of aromatic nitrogens is 1. The van der Waals surface area contributed by atoms with Gasteiger partial charge >= 0.3 is 0 Å². The van der Waals surface area contributed by atoms with E-state index in [4.69, 9.17) is 5.11 Å². The van der Waals surface area contributed by atoms with E-state index in [1.807, 2.05) is 32.0 Å². The zero-order chi connectivity index (χ0) is 16.1. The number of aliphatic hydroxyl groups excluding tert-OH is 1. The number of hydrogen-bond acceptors (Lipinski definition) is 3. The molecule has 3 N–H and O–H groups in total. The molecule has 5 heteroatoms. The van der Waals surface area contributed by atoms with Crippen molar-refractivity contribution >= 4 is 5.91 Å². The number of benzene rings is 1. The minimum atomic E-state index is -0.411. The van der Waals surface area contributed by atoms with Crippen molar-refractivity contribution in [3.05, 3.63) is 69.1 Å². The van der Waals surface area contributed by atoms with Crippen LogP contribution in [0.25, 0.3) is 0 Å². The summed E-state index contributed by atoms with van der Waals surface area (Å²) in [5.74, 6) is -0.211. The number of aromatic amines is 1. The zero-order valence-corrected chi connectivity index (χ0v) is 12.7. The van der Waals surface area contributed by atoms with Crippen LogP contribution in [0.5, 0.6) is 0 Å². The molecule has 0 fully saturated rings. The highest BCUT2D eigenvalue weighted by molar-refractivity contribution is 5.93. The monoisotopic (exact) mass is 300 g/mol. The number of amides is 1. The summed E-state index contributed by atoms with van der Waals surface area (Å²) in [4.78, 5) is 26.8. The molecule has 5 nitrogen and oxygen atoms in total. The number of rotatable bonds is 5. The first-order chi connectivity index (χ1) is 10.5. The fraction of sp³-hybridized carbons (Fsp3) is 0.294. The lowest BCUT2D eigenvalue weighted by Crippen LogP contribution is -2.29. The van der Waals surface area contributed by atoms with Gasteiger partial charge in [-0.25, -0.2) is 0 Å². The molecule has 0 atom stereocenters. The second-order valence-corrected chi connectivity index (χ2v) is 5.47. The largest absolute Gasteiger partial charge is 0.392 e. The molecule has 116 valence electrons. The smallest absolute Gasteiger partial charge is 0.261 e. The van der Waals surface area contributed by atoms with Gasteiger partial charge in [-0.15, -0.1) is 0 Å². The number of pyridine rings is 1. The summed E-state index contributed by atoms with van der Waals surface area (Å²) in [6.07, 6.45) is 0. The van der Waals surface area contributed by atoms with Crippen LogP contribution in [0.2, 0.25) is 0 Å². The number of nitrogens with one attached hydrogen (secondary N) is 2. The average molecular weight is 300 g/mol. The maximum Gasteiger partial charge on any atom is 0.261 e. The van der Waals surface area contributed by atoms with Gasteiger partial charge in [-0.3, -0.25) is 9.59 Å². The maximum absolute atomic E-state index is 12.1. The highest BCUT2D eigenvalue weighted by Crippen LogP contribution is 2.09. The topological polar surface area (TPSA) is 82.2 Å². The van der Waals surface area contributed by atoms with Gasteiger partial charge in [0.25, 0.3) is 11.5 Å². The lowest BCUT2D eigenvalue weighted by atomic mass is 10.1. The molecule has 1 heterocycles. The Labute approximate surface area is 129 Å². The number of H-pyrrole nitrogens is 1. The molecule has 0 aliphatic heterocycles. The number of carbonyl (C=O) groups excluding carboxylic acids is 1. The van der Waals surface area contributed by atoms with Gasteiger partial charge in [-0.1, -0.05) is 38.1 Å². The molecule has 0 unspecified atom stereocenters. The fourth-order valence-corrected chi connectivity index (χ4v) is 2.12. The van der Waals surface area contributed by atoms with E-state index < -0.39 is 5.91 Å². The summed E-state index contributed by atoms with van der Waals surface area (Å²) in [7, 11) is 0. The Hall–Kier alpha value is -2.40. The molecule has 0 saturated heterocycles. The van der Waals surface area contributed by atoms with Crippen molar-refractivity contribution in [2.75, 3.05) is 0 Å². The van der Waals surface area contributed by atoms with Crippen LogP contribution in [0.1, 0.15) is 46.9 Å². The van der Waals surface area contributed by atoms with Crippen LogP contribution in [0.3, 0.4) is 0 Å². The van der Waals surface area contributed by atoms with Gasteiger partial charge in [-0.05, 0) is 29.2 Å². The third-order valence-corrected chi connectivity index (χ3v) is 3.43. The minimum absolute atomic E-state index is 0.0435. The summed E-state index contributed by atoms with van der Waals surface area (Å²) >= 11 is 0. The van der Waals surface area contributed by atoms with Crippen LogP contribution in [-0.4, -0.2) is 16.0 Å². The van der Waals surface area contributed by atoms with E-state index in [-0.39, 0.29) is 23.6 Å². The molecule has 0 radical (unpaired) electrons. The van der Waals surface area contributed by atoms with E-state index in [2.05, 4.69) is 10.3 Å². The molecule has 0 aliphatic carbocycles. The lowest BCUT2D eigenvalue weighted by Gasteiger charge is -2.08. The van der Waals surface area contributed by atoms with Gasteiger partial charge in [0.15, 0.2) is 0 Å². The van der Waals surface area contributed by atoms with Crippen molar-refractivity contribution in [1.82, 2.24) is 10.3 Å². The maximum atomic E-state index is 12.1. The number of aliphatic hydroxyl groups is 1. The third-order valence-electron chi connectivity index (χ3n) is 3.43. The van der Waals surface area contributed by atoms with Gasteiger partial charge in [-0.2, -0.15) is 0 Å². The Kier molecular flexibility index (Phi) is 5.12. The first-order valence-corrected chi connectivity index (χ1v) is 7.21. The highest BCUT2D eigenvalue weighted by Gasteiger charge is 2.11. The summed E-state index contributed by atoms with van der Waals surface area (Å²) in [5, 5.41) is 11.8. The van der Waals surface area contributed by atoms with Gasteiger partial charge in [0.1, 0.15) is 5.56 Å². The first-order valence-electron chi connectivity index (χ1n) is 7.21. The van der Waals surface area contributed by atoms with Crippen molar-refractivity contribution in [1.29, 1.82) is 0 Å². The summed E-state index contributed by atoms with van der Waals surface area (Å²) in [6.45, 7) is 4.20. The second kappa shape index (κ2) is 7.04. The quantitative estimate of drug-likeness (QED) is 0.789. The van der Waals surface area contributed by atoms with E-state index in [9.17, 15) is 9.59 Å². The third kappa shape index (κ3) is 3.83. The SMILES string of the molecule is CC(C)c1ccc(C(=O)NCc2cccc(CO)c2)c(=O)[nH]1. The molecule has 22 heavy (non-hydrogen) atoms. The molecule has 2 rings (SSSR count). The van der Waals surface area contributed by atoms with Crippen molar-refractivity contribution in [3.63, 3.8) is 0 Å². The molecule has 0 spiro atoms. The minimum Gasteiger partial charge on any atom is -0.392 e. The van der Waals surface area contributed by atoms with Gasteiger partial charge in [0.05, 0.1) is 6.61 Å². The van der Waals surface area contributed by atoms with Crippen molar-refractivity contribution < 1.29 is 9.90 Å². The van der Waals surface area contributed by atoms with Crippen LogP contribution in [0.15, 0.2) is 41.2 Å². The Balaban J connectivity index is 2.07. The Bertz CT molecular complexity index is 720. The van der Waals surface area contributed by atoms with Gasteiger partial charge in [0, 0.05) is 12.2 Å². The van der Waals surface area contributed by atoms with Crippen LogP contribution in [0, 0.1) is 0 Å². The summed E-state index contributed by atoms with van der Waals surface area (Å²) in [6, 6.07) is 10.6. The van der Waals surface area contributed by atoms with Gasteiger partial charge in [0.2, 0.25) is 0 Å². The number of carbonyl (C=O) groups is 1. The molecule has 0 saturated carbocycles.